The summed E-state index contributed by atoms with van der Waals surface area (Å²) in [6.45, 7) is 6.42. The number of ether oxygens (including phenoxy) is 1. The highest BCUT2D eigenvalue weighted by Crippen LogP contribution is 2.27. The van der Waals surface area contributed by atoms with Gasteiger partial charge in [0, 0.05) is 30.2 Å². The molecule has 8 nitrogen and oxygen atoms in total. The fourth-order valence-corrected chi connectivity index (χ4v) is 2.46. The number of carboxylic acid groups (broad SMARTS) is 2. The normalized spacial score (nSPS) is 10.3. The highest BCUT2D eigenvalue weighted by atomic mass is 16.5. The first-order valence-corrected chi connectivity index (χ1v) is 9.21. The number of benzene rings is 1. The van der Waals surface area contributed by atoms with Gasteiger partial charge in [-0.2, -0.15) is 0 Å². The number of hydrogen-bond acceptors (Lipinski definition) is 6. The minimum absolute atomic E-state index is 0.576. The molecule has 0 atom stereocenters. The summed E-state index contributed by atoms with van der Waals surface area (Å²) in [6.07, 6.45) is 5.43. The lowest BCUT2D eigenvalue weighted by Crippen LogP contribution is -2.23. The molecule has 1 aromatic carbocycles. The number of carbonyl (C=O) groups is 2. The molecule has 1 heterocycles. The first kappa shape index (κ1) is 23.2. The molecule has 2 aromatic rings. The SMILES string of the molecule is COc1cc(NCCCCCNC(C)C)c2ncccc2c1.O=C(O)C(=O)O. The van der Waals surface area contributed by atoms with Gasteiger partial charge in [0.05, 0.1) is 18.3 Å². The molecule has 4 N–H and O–H groups in total. The zero-order valence-corrected chi connectivity index (χ0v) is 16.6. The Morgan fingerprint density at radius 1 is 1.11 bits per heavy atom. The largest absolute Gasteiger partial charge is 0.497 e. The van der Waals surface area contributed by atoms with Gasteiger partial charge in [0.25, 0.3) is 0 Å². The number of pyridine rings is 1. The molecule has 0 aliphatic carbocycles. The predicted molar refractivity (Wildman–Crippen MR) is 109 cm³/mol. The lowest BCUT2D eigenvalue weighted by Gasteiger charge is -2.11. The quantitative estimate of drug-likeness (QED) is 0.380. The average Bonchev–Trinajstić information content (AvgIpc) is 2.67. The van der Waals surface area contributed by atoms with Crippen molar-refractivity contribution < 1.29 is 24.5 Å². The zero-order valence-electron chi connectivity index (χ0n) is 16.6. The number of nitrogens with one attached hydrogen (secondary N) is 2. The number of hydrogen-bond donors (Lipinski definition) is 4. The molecule has 0 amide bonds. The summed E-state index contributed by atoms with van der Waals surface area (Å²) in [4.78, 5) is 22.7. The Bertz CT molecular complexity index is 753. The second kappa shape index (κ2) is 12.5. The number of carboxylic acids is 2. The fraction of sp³-hybridized carbons (Fsp3) is 0.450. The Labute approximate surface area is 164 Å². The maximum Gasteiger partial charge on any atom is 0.414 e. The summed E-state index contributed by atoms with van der Waals surface area (Å²) >= 11 is 0. The average molecular weight is 391 g/mol. The van der Waals surface area contributed by atoms with Gasteiger partial charge in [-0.15, -0.1) is 0 Å². The van der Waals surface area contributed by atoms with E-state index in [2.05, 4.69) is 35.5 Å². The van der Waals surface area contributed by atoms with Crippen molar-refractivity contribution in [2.24, 2.45) is 0 Å². The highest BCUT2D eigenvalue weighted by Gasteiger charge is 2.05. The van der Waals surface area contributed by atoms with E-state index < -0.39 is 11.9 Å². The second-order valence-electron chi connectivity index (χ2n) is 6.46. The monoisotopic (exact) mass is 391 g/mol. The molecule has 0 unspecified atom stereocenters. The Kier molecular flexibility index (Phi) is 10.3. The number of unbranched alkanes of at least 4 members (excludes halogenated alkanes) is 2. The molecule has 0 saturated carbocycles. The van der Waals surface area contributed by atoms with Crippen molar-refractivity contribution in [3.05, 3.63) is 30.5 Å². The Morgan fingerprint density at radius 3 is 2.39 bits per heavy atom. The molecule has 0 fully saturated rings. The molecule has 0 spiro atoms. The van der Waals surface area contributed by atoms with Gasteiger partial charge in [0.15, 0.2) is 0 Å². The van der Waals surface area contributed by atoms with Crippen molar-refractivity contribution in [2.45, 2.75) is 39.2 Å². The molecule has 154 valence electrons. The van der Waals surface area contributed by atoms with Crippen molar-refractivity contribution >= 4 is 28.5 Å². The van der Waals surface area contributed by atoms with E-state index in [0.29, 0.717) is 6.04 Å². The number of anilines is 1. The molecule has 0 saturated heterocycles. The molecular formula is C20H29N3O5. The number of aliphatic carboxylic acids is 2. The zero-order chi connectivity index (χ0) is 20.9. The van der Waals surface area contributed by atoms with Crippen molar-refractivity contribution in [1.82, 2.24) is 10.3 Å². The van der Waals surface area contributed by atoms with Crippen LogP contribution in [-0.2, 0) is 9.59 Å². The minimum atomic E-state index is -1.82. The van der Waals surface area contributed by atoms with Crippen LogP contribution in [0.25, 0.3) is 10.9 Å². The van der Waals surface area contributed by atoms with Gasteiger partial charge in [0.1, 0.15) is 5.75 Å². The van der Waals surface area contributed by atoms with E-state index in [1.165, 1.54) is 12.8 Å². The lowest BCUT2D eigenvalue weighted by atomic mass is 10.1. The van der Waals surface area contributed by atoms with E-state index >= 15 is 0 Å². The summed E-state index contributed by atoms with van der Waals surface area (Å²) < 4.78 is 5.37. The Morgan fingerprint density at radius 2 is 1.79 bits per heavy atom. The second-order valence-corrected chi connectivity index (χ2v) is 6.46. The molecule has 8 heteroatoms. The van der Waals surface area contributed by atoms with Crippen LogP contribution in [-0.4, -0.2) is 53.4 Å². The van der Waals surface area contributed by atoms with Gasteiger partial charge in [-0.1, -0.05) is 26.3 Å². The third-order valence-corrected chi connectivity index (χ3v) is 3.82. The van der Waals surface area contributed by atoms with E-state index in [1.807, 2.05) is 24.4 Å². The molecule has 0 aliphatic heterocycles. The minimum Gasteiger partial charge on any atom is -0.497 e. The molecule has 28 heavy (non-hydrogen) atoms. The van der Waals surface area contributed by atoms with Crippen LogP contribution in [0.1, 0.15) is 33.1 Å². The number of nitrogens with zero attached hydrogens (tertiary/aromatic N) is 1. The van der Waals surface area contributed by atoms with Crippen LogP contribution in [0.3, 0.4) is 0 Å². The van der Waals surface area contributed by atoms with Crippen LogP contribution in [0.15, 0.2) is 30.5 Å². The molecule has 2 rings (SSSR count). The third-order valence-electron chi connectivity index (χ3n) is 3.82. The Balaban J connectivity index is 0.000000568. The number of aromatic nitrogens is 1. The fourth-order valence-electron chi connectivity index (χ4n) is 2.46. The van der Waals surface area contributed by atoms with Gasteiger partial charge >= 0.3 is 11.9 Å². The van der Waals surface area contributed by atoms with E-state index in [0.717, 1.165) is 41.9 Å². The smallest absolute Gasteiger partial charge is 0.414 e. The van der Waals surface area contributed by atoms with Crippen LogP contribution >= 0.6 is 0 Å². The van der Waals surface area contributed by atoms with Crippen molar-refractivity contribution in [3.8, 4) is 5.75 Å². The van der Waals surface area contributed by atoms with Gasteiger partial charge in [0.2, 0.25) is 0 Å². The van der Waals surface area contributed by atoms with Crippen LogP contribution in [0.5, 0.6) is 5.75 Å². The number of methoxy groups -OCH3 is 1. The van der Waals surface area contributed by atoms with Crippen LogP contribution in [0, 0.1) is 0 Å². The maximum atomic E-state index is 9.10. The number of rotatable bonds is 9. The molecule has 0 aliphatic rings. The first-order valence-electron chi connectivity index (χ1n) is 9.21. The van der Waals surface area contributed by atoms with Gasteiger partial charge in [-0.05, 0) is 31.5 Å². The highest BCUT2D eigenvalue weighted by molar-refractivity contribution is 6.27. The molecule has 0 bridgehead atoms. The van der Waals surface area contributed by atoms with Crippen molar-refractivity contribution in [3.63, 3.8) is 0 Å². The first-order chi connectivity index (χ1) is 13.3. The van der Waals surface area contributed by atoms with Crippen LogP contribution < -0.4 is 15.4 Å². The Hall–Kier alpha value is -2.87. The van der Waals surface area contributed by atoms with E-state index in [4.69, 9.17) is 24.5 Å². The van der Waals surface area contributed by atoms with E-state index in [9.17, 15) is 0 Å². The van der Waals surface area contributed by atoms with Crippen LogP contribution in [0.4, 0.5) is 5.69 Å². The lowest BCUT2D eigenvalue weighted by molar-refractivity contribution is -0.159. The summed E-state index contributed by atoms with van der Waals surface area (Å²) in [5.74, 6) is -2.78. The summed E-state index contributed by atoms with van der Waals surface area (Å²) in [6, 6.07) is 8.63. The molecule has 0 radical (unpaired) electrons. The molecular weight excluding hydrogens is 362 g/mol. The summed E-state index contributed by atoms with van der Waals surface area (Å²) in [7, 11) is 1.70. The summed E-state index contributed by atoms with van der Waals surface area (Å²) in [5, 5.41) is 22.8. The van der Waals surface area contributed by atoms with Crippen molar-refractivity contribution in [2.75, 3.05) is 25.5 Å². The van der Waals surface area contributed by atoms with Gasteiger partial charge < -0.3 is 25.6 Å². The van der Waals surface area contributed by atoms with E-state index in [1.54, 1.807) is 7.11 Å². The van der Waals surface area contributed by atoms with Gasteiger partial charge in [-0.3, -0.25) is 4.98 Å². The molecule has 1 aromatic heterocycles. The van der Waals surface area contributed by atoms with Crippen LogP contribution in [0.2, 0.25) is 0 Å². The summed E-state index contributed by atoms with van der Waals surface area (Å²) in [5.41, 5.74) is 2.06. The predicted octanol–water partition coefficient (Wildman–Crippen LogP) is 2.98. The third kappa shape index (κ3) is 8.68. The topological polar surface area (TPSA) is 121 Å². The standard InChI is InChI=1S/C18H27N3O.C2H2O4/c1-14(2)19-9-5-4-6-10-20-17-13-16(22-3)12-15-8-7-11-21-18(15)17;3-1(4)2(5)6/h7-8,11-14,19-20H,4-6,9-10H2,1-3H3;(H,3,4)(H,5,6). The van der Waals surface area contributed by atoms with E-state index in [-0.39, 0.29) is 0 Å². The number of fused-ring (bicyclic) bond motifs is 1. The maximum absolute atomic E-state index is 9.10. The van der Waals surface area contributed by atoms with Crippen molar-refractivity contribution in [1.29, 1.82) is 0 Å². The van der Waals surface area contributed by atoms with Gasteiger partial charge in [-0.25, -0.2) is 9.59 Å².